The van der Waals surface area contributed by atoms with Crippen molar-refractivity contribution in [3.05, 3.63) is 23.7 Å². The van der Waals surface area contributed by atoms with Gasteiger partial charge in [0.1, 0.15) is 5.76 Å². The molecular weight excluding hydrogens is 308 g/mol. The summed E-state index contributed by atoms with van der Waals surface area (Å²) in [6.07, 6.45) is 3.50. The topological polar surface area (TPSA) is 63.0 Å². The van der Waals surface area contributed by atoms with Crippen LogP contribution in [0.2, 0.25) is 0 Å². The first-order valence-electron chi connectivity index (χ1n) is 8.87. The van der Waals surface area contributed by atoms with Crippen molar-refractivity contribution >= 4 is 11.8 Å². The van der Waals surface area contributed by atoms with Crippen LogP contribution in [0.3, 0.4) is 0 Å². The molecule has 6 nitrogen and oxygen atoms in total. The number of ether oxygens (including phenoxy) is 1. The molecule has 24 heavy (non-hydrogen) atoms. The van der Waals surface area contributed by atoms with E-state index in [2.05, 4.69) is 0 Å². The Balaban J connectivity index is 1.57. The van der Waals surface area contributed by atoms with Gasteiger partial charge in [0.15, 0.2) is 5.76 Å². The summed E-state index contributed by atoms with van der Waals surface area (Å²) in [7, 11) is 0. The molecule has 3 saturated heterocycles. The van der Waals surface area contributed by atoms with Gasteiger partial charge in [-0.3, -0.25) is 9.59 Å². The number of likely N-dealkylation sites (tertiary alicyclic amines) is 2. The van der Waals surface area contributed by atoms with E-state index < -0.39 is 5.41 Å². The van der Waals surface area contributed by atoms with E-state index in [9.17, 15) is 9.59 Å². The highest BCUT2D eigenvalue weighted by Crippen LogP contribution is 2.43. The predicted octanol–water partition coefficient (Wildman–Crippen LogP) is 1.83. The molecule has 0 spiro atoms. The zero-order valence-electron chi connectivity index (χ0n) is 14.1. The summed E-state index contributed by atoms with van der Waals surface area (Å²) in [6, 6.07) is 3.51. The van der Waals surface area contributed by atoms with Crippen molar-refractivity contribution in [1.29, 1.82) is 0 Å². The lowest BCUT2D eigenvalue weighted by molar-refractivity contribution is -0.148. The lowest BCUT2D eigenvalue weighted by Crippen LogP contribution is -2.58. The Morgan fingerprint density at radius 2 is 1.96 bits per heavy atom. The minimum atomic E-state index is -0.570. The van der Waals surface area contributed by atoms with Crippen molar-refractivity contribution in [3.63, 3.8) is 0 Å². The number of fused-ring (bicyclic) bond motifs is 1. The molecule has 130 valence electrons. The molecule has 1 aromatic rings. The lowest BCUT2D eigenvalue weighted by Gasteiger charge is -2.43. The molecule has 2 atom stereocenters. The number of furan rings is 1. The third kappa shape index (κ3) is 2.44. The Hall–Kier alpha value is -1.82. The molecule has 0 bridgehead atoms. The number of amides is 2. The Bertz CT molecular complexity index is 649. The highest BCUT2D eigenvalue weighted by molar-refractivity contribution is 5.93. The molecule has 6 heteroatoms. The fourth-order valence-corrected chi connectivity index (χ4v) is 4.36. The van der Waals surface area contributed by atoms with Crippen LogP contribution in [0, 0.1) is 12.3 Å². The van der Waals surface area contributed by atoms with E-state index in [4.69, 9.17) is 9.15 Å². The van der Waals surface area contributed by atoms with Crippen LogP contribution in [0.4, 0.5) is 0 Å². The van der Waals surface area contributed by atoms with Crippen LogP contribution in [0.5, 0.6) is 0 Å². The second-order valence-electron chi connectivity index (χ2n) is 7.19. The summed E-state index contributed by atoms with van der Waals surface area (Å²) >= 11 is 0. The first-order chi connectivity index (χ1) is 11.6. The van der Waals surface area contributed by atoms with Gasteiger partial charge in [-0.15, -0.1) is 0 Å². The minimum absolute atomic E-state index is 0.0620. The number of aryl methyl sites for hydroxylation is 1. The van der Waals surface area contributed by atoms with Gasteiger partial charge in [0.2, 0.25) is 5.91 Å². The molecule has 2 amide bonds. The normalized spacial score (nSPS) is 29.8. The number of nitrogens with zero attached hydrogens (tertiary/aromatic N) is 2. The van der Waals surface area contributed by atoms with E-state index in [1.165, 1.54) is 0 Å². The zero-order valence-corrected chi connectivity index (χ0v) is 14.1. The second-order valence-corrected chi connectivity index (χ2v) is 7.19. The Labute approximate surface area is 141 Å². The fraction of sp³-hybridized carbons (Fsp3) is 0.667. The van der Waals surface area contributed by atoms with Crippen molar-refractivity contribution < 1.29 is 18.7 Å². The third-order valence-corrected chi connectivity index (χ3v) is 5.68. The van der Waals surface area contributed by atoms with E-state index in [0.717, 1.165) is 31.7 Å². The summed E-state index contributed by atoms with van der Waals surface area (Å²) < 4.78 is 11.4. The molecule has 4 heterocycles. The Morgan fingerprint density at radius 1 is 1.17 bits per heavy atom. The molecule has 0 radical (unpaired) electrons. The largest absolute Gasteiger partial charge is 0.456 e. The second kappa shape index (κ2) is 5.92. The molecule has 3 aliphatic heterocycles. The van der Waals surface area contributed by atoms with Gasteiger partial charge in [0, 0.05) is 32.8 Å². The highest BCUT2D eigenvalue weighted by Gasteiger charge is 2.55. The first-order valence-corrected chi connectivity index (χ1v) is 8.87. The standard InChI is InChI=1S/C18H24N2O4/c1-13-4-5-14(24-13)16(21)20-10-6-15-18(12-20,7-11-23-15)17(22)19-8-2-3-9-19/h4-5,15H,2-3,6-12H2,1H3/t15-,18-/m1/s1. The number of rotatable bonds is 2. The van der Waals surface area contributed by atoms with Crippen molar-refractivity contribution in [2.24, 2.45) is 5.41 Å². The molecular formula is C18H24N2O4. The maximum Gasteiger partial charge on any atom is 0.289 e. The number of carbonyl (C=O) groups is 2. The average molecular weight is 332 g/mol. The van der Waals surface area contributed by atoms with Crippen LogP contribution in [0.15, 0.2) is 16.5 Å². The van der Waals surface area contributed by atoms with Gasteiger partial charge in [0.25, 0.3) is 5.91 Å². The summed E-state index contributed by atoms with van der Waals surface area (Å²) in [5.41, 5.74) is -0.570. The van der Waals surface area contributed by atoms with Gasteiger partial charge in [0.05, 0.1) is 11.5 Å². The molecule has 0 N–H and O–H groups in total. The average Bonchev–Trinajstić information content (AvgIpc) is 3.33. The van der Waals surface area contributed by atoms with Gasteiger partial charge in [-0.05, 0) is 44.7 Å². The molecule has 3 aliphatic rings. The van der Waals surface area contributed by atoms with Gasteiger partial charge < -0.3 is 19.0 Å². The number of hydrogen-bond acceptors (Lipinski definition) is 4. The molecule has 0 unspecified atom stereocenters. The summed E-state index contributed by atoms with van der Waals surface area (Å²) in [5, 5.41) is 0. The van der Waals surface area contributed by atoms with Crippen LogP contribution < -0.4 is 0 Å². The molecule has 1 aromatic heterocycles. The molecule has 0 saturated carbocycles. The summed E-state index contributed by atoms with van der Waals surface area (Å²) in [4.78, 5) is 29.7. The maximum atomic E-state index is 13.2. The monoisotopic (exact) mass is 332 g/mol. The first kappa shape index (κ1) is 15.7. The molecule has 0 aromatic carbocycles. The Morgan fingerprint density at radius 3 is 2.67 bits per heavy atom. The van der Waals surface area contributed by atoms with E-state index >= 15 is 0 Å². The SMILES string of the molecule is Cc1ccc(C(=O)N2CC[C@H]3OCC[C@@]3(C(=O)N3CCCC3)C2)o1. The molecule has 4 rings (SSSR count). The van der Waals surface area contributed by atoms with Gasteiger partial charge >= 0.3 is 0 Å². The fourth-order valence-electron chi connectivity index (χ4n) is 4.36. The van der Waals surface area contributed by atoms with Crippen molar-refractivity contribution in [1.82, 2.24) is 9.80 Å². The van der Waals surface area contributed by atoms with E-state index in [-0.39, 0.29) is 17.9 Å². The van der Waals surface area contributed by atoms with E-state index in [1.54, 1.807) is 17.0 Å². The van der Waals surface area contributed by atoms with Crippen molar-refractivity contribution in [3.8, 4) is 0 Å². The van der Waals surface area contributed by atoms with Crippen LogP contribution in [0.1, 0.15) is 42.0 Å². The summed E-state index contributed by atoms with van der Waals surface area (Å²) in [6.45, 7) is 5.14. The van der Waals surface area contributed by atoms with Crippen LogP contribution >= 0.6 is 0 Å². The number of piperidine rings is 1. The van der Waals surface area contributed by atoms with E-state index in [0.29, 0.717) is 38.3 Å². The lowest BCUT2D eigenvalue weighted by atomic mass is 9.75. The van der Waals surface area contributed by atoms with Crippen LogP contribution in [0.25, 0.3) is 0 Å². The van der Waals surface area contributed by atoms with Gasteiger partial charge in [-0.2, -0.15) is 0 Å². The molecule has 0 aliphatic carbocycles. The highest BCUT2D eigenvalue weighted by atomic mass is 16.5. The van der Waals surface area contributed by atoms with Crippen LogP contribution in [-0.2, 0) is 9.53 Å². The smallest absolute Gasteiger partial charge is 0.289 e. The maximum absolute atomic E-state index is 13.2. The summed E-state index contributed by atoms with van der Waals surface area (Å²) in [5.74, 6) is 1.13. The minimum Gasteiger partial charge on any atom is -0.456 e. The molecule has 3 fully saturated rings. The predicted molar refractivity (Wildman–Crippen MR) is 86.6 cm³/mol. The quantitative estimate of drug-likeness (QED) is 0.829. The Kier molecular flexibility index (Phi) is 3.87. The van der Waals surface area contributed by atoms with Crippen molar-refractivity contribution in [2.45, 2.75) is 38.7 Å². The van der Waals surface area contributed by atoms with Gasteiger partial charge in [-0.25, -0.2) is 0 Å². The zero-order chi connectivity index (χ0) is 16.7. The van der Waals surface area contributed by atoms with Crippen LogP contribution in [-0.4, -0.2) is 60.5 Å². The van der Waals surface area contributed by atoms with Gasteiger partial charge in [-0.1, -0.05) is 0 Å². The third-order valence-electron chi connectivity index (χ3n) is 5.68. The number of hydrogen-bond donors (Lipinski definition) is 0. The van der Waals surface area contributed by atoms with E-state index in [1.807, 2.05) is 11.8 Å². The number of carbonyl (C=O) groups excluding carboxylic acids is 2. The van der Waals surface area contributed by atoms with Crippen molar-refractivity contribution in [2.75, 3.05) is 32.8 Å².